The van der Waals surface area contributed by atoms with Crippen molar-refractivity contribution in [3.63, 3.8) is 0 Å². The van der Waals surface area contributed by atoms with Gasteiger partial charge in [-0.05, 0) is 44.1 Å². The minimum Gasteiger partial charge on any atom is -0.493 e. The molecule has 1 aromatic rings. The van der Waals surface area contributed by atoms with E-state index in [2.05, 4.69) is 18.0 Å². The van der Waals surface area contributed by atoms with Crippen molar-refractivity contribution in [3.8, 4) is 11.5 Å². The zero-order valence-corrected chi connectivity index (χ0v) is 20.0. The van der Waals surface area contributed by atoms with Crippen LogP contribution in [0.4, 0.5) is 0 Å². The van der Waals surface area contributed by atoms with Crippen LogP contribution in [0.25, 0.3) is 0 Å². The van der Waals surface area contributed by atoms with E-state index in [-0.39, 0.29) is 19.3 Å². The zero-order valence-electron chi connectivity index (χ0n) is 20.0. The maximum Gasteiger partial charge on any atom is 0.337 e. The van der Waals surface area contributed by atoms with Crippen molar-refractivity contribution in [1.29, 1.82) is 0 Å². The predicted molar refractivity (Wildman–Crippen MR) is 121 cm³/mol. The van der Waals surface area contributed by atoms with E-state index < -0.39 is 23.1 Å². The molecule has 1 N–H and O–H groups in total. The Morgan fingerprint density at radius 3 is 2.79 bits per heavy atom. The van der Waals surface area contributed by atoms with Gasteiger partial charge in [-0.3, -0.25) is 0 Å². The third kappa shape index (κ3) is 3.45. The van der Waals surface area contributed by atoms with E-state index in [1.807, 2.05) is 12.1 Å². The van der Waals surface area contributed by atoms with E-state index >= 15 is 0 Å². The van der Waals surface area contributed by atoms with Crippen molar-refractivity contribution in [2.45, 2.75) is 42.4 Å². The Labute approximate surface area is 199 Å². The Morgan fingerprint density at radius 1 is 1.21 bits per heavy atom. The molecule has 2 aliphatic carbocycles. The lowest BCUT2D eigenvalue weighted by Gasteiger charge is -2.61. The molecule has 186 valence electrons. The molecular weight excluding hydrogens is 442 g/mol. The third-order valence-corrected chi connectivity index (χ3v) is 7.81. The molecule has 1 spiro atoms. The molecule has 1 fully saturated rings. The smallest absolute Gasteiger partial charge is 0.337 e. The molecule has 4 atom stereocenters. The lowest BCUT2D eigenvalue weighted by molar-refractivity contribution is -0.170. The lowest BCUT2D eigenvalue weighted by atomic mass is 9.50. The summed E-state index contributed by atoms with van der Waals surface area (Å²) >= 11 is 0. The Bertz CT molecular complexity index is 980. The summed E-state index contributed by atoms with van der Waals surface area (Å²) in [7, 11) is 5.28. The van der Waals surface area contributed by atoms with Crippen molar-refractivity contribution in [2.75, 3.05) is 60.8 Å². The molecule has 9 nitrogen and oxygen atoms in total. The van der Waals surface area contributed by atoms with Crippen LogP contribution in [0.5, 0.6) is 11.5 Å². The fraction of sp³-hybridized carbons (Fsp3) is 0.640. The van der Waals surface area contributed by atoms with Crippen LogP contribution in [0.2, 0.25) is 0 Å². The summed E-state index contributed by atoms with van der Waals surface area (Å²) in [5, 5.41) is 12.2. The van der Waals surface area contributed by atoms with Crippen LogP contribution in [-0.4, -0.2) is 94.6 Å². The number of carbonyl (C=O) groups is 1. The highest BCUT2D eigenvalue weighted by atomic mass is 16.6. The number of piperidine rings is 1. The summed E-state index contributed by atoms with van der Waals surface area (Å²) < 4.78 is 33.5. The summed E-state index contributed by atoms with van der Waals surface area (Å²) in [5.41, 5.74) is 0.447. The topological polar surface area (TPSA) is 95.9 Å². The molecule has 0 radical (unpaired) electrons. The van der Waals surface area contributed by atoms with Gasteiger partial charge in [0.15, 0.2) is 17.6 Å². The van der Waals surface area contributed by atoms with E-state index in [1.165, 1.54) is 0 Å². The summed E-state index contributed by atoms with van der Waals surface area (Å²) in [6.45, 7) is 2.26. The standard InChI is InChI=1S/C25H33NO8/c1-26-9-8-24-21-16-4-5-17(30-3)22(21)34-23(24)18(6-7-25(24,28)19(26)14-16)33-20(27)15-32-13-12-31-11-10-29-2/h4-6,19,23,28H,7-15H2,1-3H3. The largest absolute Gasteiger partial charge is 0.493 e. The fourth-order valence-corrected chi connectivity index (χ4v) is 6.27. The highest BCUT2D eigenvalue weighted by Crippen LogP contribution is 2.65. The van der Waals surface area contributed by atoms with Crippen LogP contribution < -0.4 is 9.47 Å². The molecule has 2 bridgehead atoms. The SMILES string of the molecule is COCCOCCOCC(=O)OC1=CCC2(O)C3Cc4ccc(OC)c5c4C2(CCN3C)C1O5. The van der Waals surface area contributed by atoms with Gasteiger partial charge in [0.25, 0.3) is 0 Å². The first-order valence-electron chi connectivity index (χ1n) is 11.8. The average molecular weight is 476 g/mol. The van der Waals surface area contributed by atoms with Crippen molar-refractivity contribution in [1.82, 2.24) is 4.90 Å². The molecule has 9 heteroatoms. The van der Waals surface area contributed by atoms with Crippen LogP contribution >= 0.6 is 0 Å². The van der Waals surface area contributed by atoms with Gasteiger partial charge < -0.3 is 38.4 Å². The predicted octanol–water partition coefficient (Wildman–Crippen LogP) is 1.20. The van der Waals surface area contributed by atoms with Crippen LogP contribution in [0, 0.1) is 0 Å². The Kier molecular flexibility index (Phi) is 6.32. The number of hydrogen-bond donors (Lipinski definition) is 1. The monoisotopic (exact) mass is 475 g/mol. The zero-order chi connectivity index (χ0) is 23.9. The maximum absolute atomic E-state index is 12.6. The highest BCUT2D eigenvalue weighted by molar-refractivity contribution is 5.73. The fourth-order valence-electron chi connectivity index (χ4n) is 6.27. The van der Waals surface area contributed by atoms with Crippen LogP contribution in [-0.2, 0) is 35.6 Å². The molecule has 1 saturated heterocycles. The number of hydrogen-bond acceptors (Lipinski definition) is 9. The molecule has 4 unspecified atom stereocenters. The Morgan fingerprint density at radius 2 is 2.00 bits per heavy atom. The number of carbonyl (C=O) groups excluding carboxylic acids is 1. The van der Waals surface area contributed by atoms with Gasteiger partial charge in [-0.2, -0.15) is 0 Å². The molecule has 1 aromatic carbocycles. The summed E-state index contributed by atoms with van der Waals surface area (Å²) in [4.78, 5) is 14.8. The molecule has 5 rings (SSSR count). The number of rotatable bonds is 10. The number of methoxy groups -OCH3 is 2. The first kappa shape index (κ1) is 23.6. The normalized spacial score (nSPS) is 30.9. The van der Waals surface area contributed by atoms with Gasteiger partial charge in [0.05, 0.1) is 44.6 Å². The van der Waals surface area contributed by atoms with Crippen LogP contribution in [0.15, 0.2) is 24.0 Å². The minimum absolute atomic E-state index is 0.0471. The van der Waals surface area contributed by atoms with E-state index in [9.17, 15) is 9.90 Å². The van der Waals surface area contributed by atoms with E-state index in [0.29, 0.717) is 49.9 Å². The number of ether oxygens (including phenoxy) is 6. The minimum atomic E-state index is -1.03. The van der Waals surface area contributed by atoms with Crippen molar-refractivity contribution in [2.24, 2.45) is 0 Å². The van der Waals surface area contributed by atoms with Gasteiger partial charge in [-0.15, -0.1) is 0 Å². The Balaban J connectivity index is 1.36. The highest BCUT2D eigenvalue weighted by Gasteiger charge is 2.72. The Hall–Kier alpha value is -2.17. The second-order valence-corrected chi connectivity index (χ2v) is 9.42. The van der Waals surface area contributed by atoms with Gasteiger partial charge in [-0.25, -0.2) is 4.79 Å². The number of likely N-dealkylation sites (tertiary alicyclic amines) is 1. The van der Waals surface area contributed by atoms with Gasteiger partial charge >= 0.3 is 5.97 Å². The molecule has 34 heavy (non-hydrogen) atoms. The number of esters is 1. The molecule has 0 amide bonds. The van der Waals surface area contributed by atoms with Gasteiger partial charge in [0.2, 0.25) is 0 Å². The average Bonchev–Trinajstić information content (AvgIpc) is 3.18. The molecule has 2 heterocycles. The van der Waals surface area contributed by atoms with Gasteiger partial charge in [0.1, 0.15) is 12.4 Å². The number of likely N-dealkylation sites (N-methyl/N-ethyl adjacent to an activating group) is 1. The first-order chi connectivity index (χ1) is 16.5. The third-order valence-electron chi connectivity index (χ3n) is 7.81. The second-order valence-electron chi connectivity index (χ2n) is 9.42. The summed E-state index contributed by atoms with van der Waals surface area (Å²) in [5.74, 6) is 1.21. The quantitative estimate of drug-likeness (QED) is 0.396. The number of aliphatic hydroxyl groups is 1. The summed E-state index contributed by atoms with van der Waals surface area (Å²) in [6, 6.07) is 3.94. The molecular formula is C25H33NO8. The van der Waals surface area contributed by atoms with Crippen LogP contribution in [0.1, 0.15) is 24.0 Å². The van der Waals surface area contributed by atoms with Crippen molar-refractivity contribution < 1.29 is 38.3 Å². The molecule has 0 aromatic heterocycles. The summed E-state index contributed by atoms with van der Waals surface area (Å²) in [6.07, 6.45) is 3.02. The molecule has 0 saturated carbocycles. The van der Waals surface area contributed by atoms with E-state index in [0.717, 1.165) is 24.1 Å². The second kappa shape index (κ2) is 9.13. The molecule has 4 aliphatic rings. The molecule has 2 aliphatic heterocycles. The lowest BCUT2D eigenvalue weighted by Crippen LogP contribution is -2.74. The number of nitrogens with zero attached hydrogens (tertiary/aromatic N) is 1. The van der Waals surface area contributed by atoms with Crippen molar-refractivity contribution >= 4 is 5.97 Å². The number of benzene rings is 1. The van der Waals surface area contributed by atoms with Gasteiger partial charge in [-0.1, -0.05) is 6.07 Å². The van der Waals surface area contributed by atoms with Crippen molar-refractivity contribution in [3.05, 3.63) is 35.1 Å². The van der Waals surface area contributed by atoms with E-state index in [4.69, 9.17) is 28.4 Å². The van der Waals surface area contributed by atoms with E-state index in [1.54, 1.807) is 14.2 Å². The van der Waals surface area contributed by atoms with Gasteiger partial charge in [0, 0.05) is 25.1 Å². The van der Waals surface area contributed by atoms with Crippen LogP contribution in [0.3, 0.4) is 0 Å². The maximum atomic E-state index is 12.6. The first-order valence-corrected chi connectivity index (χ1v) is 11.8.